The molecule has 0 aliphatic carbocycles. The molecule has 0 saturated carbocycles. The Morgan fingerprint density at radius 1 is 1.71 bits per heavy atom. The third-order valence-corrected chi connectivity index (χ3v) is 3.34. The Hall–Kier alpha value is -1.07. The Bertz CT molecular complexity index is 441. The van der Waals surface area contributed by atoms with E-state index in [2.05, 4.69) is 10.4 Å². The van der Waals surface area contributed by atoms with Crippen LogP contribution < -0.4 is 10.9 Å². The second-order valence-corrected chi connectivity index (χ2v) is 4.62. The van der Waals surface area contributed by atoms with Gasteiger partial charge in [-0.2, -0.15) is 5.10 Å². The predicted molar refractivity (Wildman–Crippen MR) is 66.5 cm³/mol. The average Bonchev–Trinajstić information content (AvgIpc) is 2.82. The summed E-state index contributed by atoms with van der Waals surface area (Å²) in [6.07, 6.45) is 3.71. The van der Waals surface area contributed by atoms with Crippen LogP contribution in [0.1, 0.15) is 12.8 Å². The van der Waals surface area contributed by atoms with Crippen molar-refractivity contribution >= 4 is 17.3 Å². The summed E-state index contributed by atoms with van der Waals surface area (Å²) in [6.45, 7) is 2.48. The first-order chi connectivity index (χ1) is 8.18. The molecule has 1 N–H and O–H groups in total. The number of hydrogen-bond donors (Lipinski definition) is 1. The van der Waals surface area contributed by atoms with Crippen LogP contribution in [0.15, 0.2) is 11.0 Å². The van der Waals surface area contributed by atoms with Gasteiger partial charge in [-0.25, -0.2) is 4.68 Å². The van der Waals surface area contributed by atoms with Gasteiger partial charge in [0.05, 0.1) is 11.9 Å². The Morgan fingerprint density at radius 2 is 2.53 bits per heavy atom. The Labute approximate surface area is 105 Å². The maximum absolute atomic E-state index is 11.5. The molecule has 1 aromatic rings. The molecule has 0 aromatic carbocycles. The maximum atomic E-state index is 11.5. The molecular formula is C11H16ClN3O2. The first kappa shape index (κ1) is 12.4. The highest BCUT2D eigenvalue weighted by atomic mass is 35.5. The fourth-order valence-electron chi connectivity index (χ4n) is 1.86. The van der Waals surface area contributed by atoms with Crippen molar-refractivity contribution in [3.63, 3.8) is 0 Å². The fraction of sp³-hybridized carbons (Fsp3) is 0.636. The number of hydrogen-bond acceptors (Lipinski definition) is 4. The van der Waals surface area contributed by atoms with Crippen molar-refractivity contribution in [1.29, 1.82) is 0 Å². The number of halogens is 1. The third kappa shape index (κ3) is 2.98. The van der Waals surface area contributed by atoms with Gasteiger partial charge in [-0.1, -0.05) is 11.6 Å². The zero-order valence-electron chi connectivity index (χ0n) is 9.78. The zero-order valence-corrected chi connectivity index (χ0v) is 10.5. The lowest BCUT2D eigenvalue weighted by atomic mass is 10.1. The van der Waals surface area contributed by atoms with Crippen LogP contribution in [0.3, 0.4) is 0 Å². The van der Waals surface area contributed by atoms with E-state index in [1.54, 1.807) is 13.2 Å². The van der Waals surface area contributed by atoms with E-state index < -0.39 is 0 Å². The van der Waals surface area contributed by atoms with Crippen LogP contribution >= 0.6 is 11.6 Å². The monoisotopic (exact) mass is 257 g/mol. The second kappa shape index (κ2) is 5.51. The SMILES string of the molecule is Cn1ncc(NCCC2CCOC2)c(Cl)c1=O. The van der Waals surface area contributed by atoms with Crippen molar-refractivity contribution in [3.8, 4) is 0 Å². The minimum atomic E-state index is -0.277. The lowest BCUT2D eigenvalue weighted by Gasteiger charge is -2.10. The maximum Gasteiger partial charge on any atom is 0.287 e. The van der Waals surface area contributed by atoms with E-state index in [4.69, 9.17) is 16.3 Å². The van der Waals surface area contributed by atoms with Gasteiger partial charge in [0.15, 0.2) is 0 Å². The number of anilines is 1. The van der Waals surface area contributed by atoms with Crippen molar-refractivity contribution in [2.24, 2.45) is 13.0 Å². The number of rotatable bonds is 4. The van der Waals surface area contributed by atoms with E-state index in [1.807, 2.05) is 0 Å². The minimum absolute atomic E-state index is 0.199. The molecule has 17 heavy (non-hydrogen) atoms. The number of ether oxygens (including phenoxy) is 1. The van der Waals surface area contributed by atoms with Gasteiger partial charge >= 0.3 is 0 Å². The molecule has 1 fully saturated rings. The molecule has 0 spiro atoms. The van der Waals surface area contributed by atoms with Crippen LogP contribution in [0, 0.1) is 5.92 Å². The first-order valence-electron chi connectivity index (χ1n) is 5.72. The first-order valence-corrected chi connectivity index (χ1v) is 6.09. The van der Waals surface area contributed by atoms with Gasteiger partial charge in [-0.3, -0.25) is 4.79 Å². The van der Waals surface area contributed by atoms with E-state index >= 15 is 0 Å². The van der Waals surface area contributed by atoms with Gasteiger partial charge < -0.3 is 10.1 Å². The highest BCUT2D eigenvalue weighted by molar-refractivity contribution is 6.32. The number of nitrogens with zero attached hydrogens (tertiary/aromatic N) is 2. The second-order valence-electron chi connectivity index (χ2n) is 4.25. The van der Waals surface area contributed by atoms with Gasteiger partial charge in [-0.15, -0.1) is 0 Å². The Balaban J connectivity index is 1.90. The topological polar surface area (TPSA) is 56.1 Å². The van der Waals surface area contributed by atoms with Crippen LogP contribution in [-0.4, -0.2) is 29.5 Å². The van der Waals surface area contributed by atoms with Gasteiger partial charge in [0, 0.05) is 26.8 Å². The van der Waals surface area contributed by atoms with Crippen LogP contribution in [0.4, 0.5) is 5.69 Å². The molecule has 1 aliphatic rings. The molecule has 2 rings (SSSR count). The molecule has 5 nitrogen and oxygen atoms in total. The highest BCUT2D eigenvalue weighted by Crippen LogP contribution is 2.18. The van der Waals surface area contributed by atoms with Crippen molar-refractivity contribution < 1.29 is 4.74 Å². The summed E-state index contributed by atoms with van der Waals surface area (Å²) in [5.74, 6) is 0.612. The highest BCUT2D eigenvalue weighted by Gasteiger charge is 2.15. The molecule has 1 aliphatic heterocycles. The minimum Gasteiger partial charge on any atom is -0.382 e. The predicted octanol–water partition coefficient (Wildman–Crippen LogP) is 1.27. The van der Waals surface area contributed by atoms with Crippen molar-refractivity contribution in [2.75, 3.05) is 25.1 Å². The van der Waals surface area contributed by atoms with Crippen LogP contribution in [0.2, 0.25) is 5.02 Å². The largest absolute Gasteiger partial charge is 0.382 e. The standard InChI is InChI=1S/C11H16ClN3O2/c1-15-11(16)10(12)9(6-14-15)13-4-2-8-3-5-17-7-8/h6,8,13H,2-5,7H2,1H3. The lowest BCUT2D eigenvalue weighted by molar-refractivity contribution is 0.185. The van der Waals surface area contributed by atoms with Gasteiger partial charge in [-0.05, 0) is 18.8 Å². The van der Waals surface area contributed by atoms with E-state index in [0.29, 0.717) is 11.6 Å². The van der Waals surface area contributed by atoms with Crippen LogP contribution in [0.5, 0.6) is 0 Å². The fourth-order valence-corrected chi connectivity index (χ4v) is 2.09. The van der Waals surface area contributed by atoms with E-state index in [-0.39, 0.29) is 10.6 Å². The van der Waals surface area contributed by atoms with E-state index in [0.717, 1.165) is 32.6 Å². The van der Waals surface area contributed by atoms with Gasteiger partial charge in [0.25, 0.3) is 5.56 Å². The van der Waals surface area contributed by atoms with Crippen molar-refractivity contribution in [1.82, 2.24) is 9.78 Å². The van der Waals surface area contributed by atoms with E-state index in [1.165, 1.54) is 4.68 Å². The molecule has 1 atom stereocenters. The summed E-state index contributed by atoms with van der Waals surface area (Å²) in [6, 6.07) is 0. The van der Waals surface area contributed by atoms with E-state index in [9.17, 15) is 4.79 Å². The molecule has 6 heteroatoms. The molecule has 0 bridgehead atoms. The normalized spacial score (nSPS) is 19.5. The number of aryl methyl sites for hydroxylation is 1. The van der Waals surface area contributed by atoms with Crippen LogP contribution in [0.25, 0.3) is 0 Å². The summed E-state index contributed by atoms with van der Waals surface area (Å²) in [4.78, 5) is 11.5. The molecule has 1 aromatic heterocycles. The third-order valence-electron chi connectivity index (χ3n) is 2.97. The molecule has 94 valence electrons. The molecule has 1 unspecified atom stereocenters. The average molecular weight is 258 g/mol. The zero-order chi connectivity index (χ0) is 12.3. The number of aromatic nitrogens is 2. The number of nitrogens with one attached hydrogen (secondary N) is 1. The van der Waals surface area contributed by atoms with Crippen molar-refractivity contribution in [3.05, 3.63) is 21.6 Å². The molecule has 0 amide bonds. The lowest BCUT2D eigenvalue weighted by Crippen LogP contribution is -2.21. The summed E-state index contributed by atoms with van der Waals surface area (Å²) in [5, 5.41) is 7.27. The Morgan fingerprint density at radius 3 is 3.24 bits per heavy atom. The van der Waals surface area contributed by atoms with Crippen LogP contribution in [-0.2, 0) is 11.8 Å². The summed E-state index contributed by atoms with van der Waals surface area (Å²) in [7, 11) is 1.58. The molecule has 1 saturated heterocycles. The molecule has 0 radical (unpaired) electrons. The Kier molecular flexibility index (Phi) is 4.02. The molecular weight excluding hydrogens is 242 g/mol. The molecule has 2 heterocycles. The smallest absolute Gasteiger partial charge is 0.287 e. The van der Waals surface area contributed by atoms with Crippen molar-refractivity contribution in [2.45, 2.75) is 12.8 Å². The summed E-state index contributed by atoms with van der Waals surface area (Å²) < 4.78 is 6.52. The van der Waals surface area contributed by atoms with Gasteiger partial charge in [0.2, 0.25) is 0 Å². The quantitative estimate of drug-likeness (QED) is 0.883. The summed E-state index contributed by atoms with van der Waals surface area (Å²) >= 11 is 5.93. The van der Waals surface area contributed by atoms with Gasteiger partial charge in [0.1, 0.15) is 5.02 Å². The summed E-state index contributed by atoms with van der Waals surface area (Å²) in [5.41, 5.74) is 0.328.